The van der Waals surface area contributed by atoms with E-state index < -0.39 is 0 Å². The van der Waals surface area contributed by atoms with Gasteiger partial charge in [0.1, 0.15) is 0 Å². The molecule has 1 amide bonds. The van der Waals surface area contributed by atoms with Gasteiger partial charge in [-0.1, -0.05) is 0 Å². The van der Waals surface area contributed by atoms with E-state index in [1.54, 1.807) is 11.3 Å². The zero-order valence-electron chi connectivity index (χ0n) is 10.3. The quantitative estimate of drug-likeness (QED) is 0.875. The van der Waals surface area contributed by atoms with Crippen molar-refractivity contribution < 1.29 is 4.79 Å². The van der Waals surface area contributed by atoms with Crippen LogP contribution in [0, 0.1) is 0 Å². The minimum atomic E-state index is 0. The van der Waals surface area contributed by atoms with Crippen LogP contribution in [0.5, 0.6) is 0 Å². The summed E-state index contributed by atoms with van der Waals surface area (Å²) in [4.78, 5) is 14.4. The molecule has 1 aromatic rings. The molecule has 0 bridgehead atoms. The topological polar surface area (TPSA) is 41.1 Å². The molecule has 0 radical (unpaired) electrons. The Morgan fingerprint density at radius 3 is 3.00 bits per heavy atom. The van der Waals surface area contributed by atoms with Crippen molar-refractivity contribution in [3.63, 3.8) is 0 Å². The van der Waals surface area contributed by atoms with Crippen LogP contribution in [0.3, 0.4) is 0 Å². The van der Waals surface area contributed by atoms with E-state index in [0.717, 1.165) is 43.6 Å². The maximum atomic E-state index is 12.1. The van der Waals surface area contributed by atoms with E-state index in [4.69, 9.17) is 0 Å². The van der Waals surface area contributed by atoms with Crippen LogP contribution >= 0.6 is 23.7 Å². The molecule has 1 atom stereocenters. The molecule has 100 valence electrons. The van der Waals surface area contributed by atoms with Gasteiger partial charge >= 0.3 is 0 Å². The van der Waals surface area contributed by atoms with Crippen molar-refractivity contribution >= 4 is 29.7 Å². The summed E-state index contributed by atoms with van der Waals surface area (Å²) in [5, 5.41) is 6.45. The SMILES string of the molecule is Cl.O=C(N[C@@H]1CCCNC1)c1cc2c(s1)CCC2. The third-order valence-corrected chi connectivity index (χ3v) is 4.84. The first kappa shape index (κ1) is 13.8. The molecule has 18 heavy (non-hydrogen) atoms. The maximum Gasteiger partial charge on any atom is 0.261 e. The predicted molar refractivity (Wildman–Crippen MR) is 76.9 cm³/mol. The molecule has 1 saturated heterocycles. The number of aryl methyl sites for hydroxylation is 2. The zero-order valence-corrected chi connectivity index (χ0v) is 12.0. The van der Waals surface area contributed by atoms with Crippen LogP contribution in [0.4, 0.5) is 0 Å². The Kier molecular flexibility index (Phi) is 4.65. The minimum Gasteiger partial charge on any atom is -0.347 e. The second kappa shape index (κ2) is 6.04. The average molecular weight is 287 g/mol. The van der Waals surface area contributed by atoms with Crippen LogP contribution in [-0.2, 0) is 12.8 Å². The van der Waals surface area contributed by atoms with Crippen LogP contribution in [0.15, 0.2) is 6.07 Å². The van der Waals surface area contributed by atoms with E-state index in [1.807, 2.05) is 0 Å². The highest BCUT2D eigenvalue weighted by molar-refractivity contribution is 7.14. The summed E-state index contributed by atoms with van der Waals surface area (Å²) in [5.74, 6) is 0.123. The first-order valence-electron chi connectivity index (χ1n) is 6.46. The molecule has 2 aliphatic rings. The highest BCUT2D eigenvalue weighted by Crippen LogP contribution is 2.30. The number of piperidine rings is 1. The van der Waals surface area contributed by atoms with Gasteiger partial charge in [0.05, 0.1) is 4.88 Å². The van der Waals surface area contributed by atoms with Gasteiger partial charge < -0.3 is 10.6 Å². The second-order valence-corrected chi connectivity index (χ2v) is 6.07. The number of carbonyl (C=O) groups is 1. The number of hydrogen-bond donors (Lipinski definition) is 2. The fourth-order valence-electron chi connectivity index (χ4n) is 2.67. The zero-order chi connectivity index (χ0) is 11.7. The molecule has 1 fully saturated rings. The number of halogens is 1. The number of fused-ring (bicyclic) bond motifs is 1. The smallest absolute Gasteiger partial charge is 0.261 e. The molecule has 2 N–H and O–H groups in total. The van der Waals surface area contributed by atoms with Crippen molar-refractivity contribution in [3.8, 4) is 0 Å². The van der Waals surface area contributed by atoms with Gasteiger partial charge in [0, 0.05) is 17.5 Å². The summed E-state index contributed by atoms with van der Waals surface area (Å²) in [6.45, 7) is 2.00. The summed E-state index contributed by atoms with van der Waals surface area (Å²) in [5.41, 5.74) is 1.40. The van der Waals surface area contributed by atoms with E-state index in [1.165, 1.54) is 16.9 Å². The van der Waals surface area contributed by atoms with E-state index in [9.17, 15) is 4.79 Å². The van der Waals surface area contributed by atoms with Crippen molar-refractivity contribution in [1.82, 2.24) is 10.6 Å². The van der Waals surface area contributed by atoms with Crippen molar-refractivity contribution in [2.75, 3.05) is 13.1 Å². The van der Waals surface area contributed by atoms with Gasteiger partial charge in [-0.2, -0.15) is 0 Å². The van der Waals surface area contributed by atoms with Crippen molar-refractivity contribution in [3.05, 3.63) is 21.4 Å². The summed E-state index contributed by atoms with van der Waals surface area (Å²) >= 11 is 1.69. The summed E-state index contributed by atoms with van der Waals surface area (Å²) < 4.78 is 0. The van der Waals surface area contributed by atoms with Gasteiger partial charge in [0.2, 0.25) is 0 Å². The van der Waals surface area contributed by atoms with E-state index in [2.05, 4.69) is 16.7 Å². The number of amides is 1. The first-order chi connectivity index (χ1) is 8.33. The van der Waals surface area contributed by atoms with Gasteiger partial charge in [-0.15, -0.1) is 23.7 Å². The fraction of sp³-hybridized carbons (Fsp3) is 0.615. The second-order valence-electron chi connectivity index (χ2n) is 4.93. The molecule has 0 unspecified atom stereocenters. The highest BCUT2D eigenvalue weighted by atomic mass is 35.5. The van der Waals surface area contributed by atoms with Crippen LogP contribution in [0.2, 0.25) is 0 Å². The van der Waals surface area contributed by atoms with Gasteiger partial charge in [-0.3, -0.25) is 4.79 Å². The molecule has 1 aliphatic heterocycles. The molecule has 2 heterocycles. The number of thiophene rings is 1. The molecule has 3 rings (SSSR count). The first-order valence-corrected chi connectivity index (χ1v) is 7.28. The molecule has 0 aromatic carbocycles. The summed E-state index contributed by atoms with van der Waals surface area (Å²) in [7, 11) is 0. The minimum absolute atomic E-state index is 0. The number of hydrogen-bond acceptors (Lipinski definition) is 3. The van der Waals surface area contributed by atoms with Gasteiger partial charge in [0.15, 0.2) is 0 Å². The maximum absolute atomic E-state index is 12.1. The normalized spacial score (nSPS) is 22.1. The van der Waals surface area contributed by atoms with Crippen molar-refractivity contribution in [2.24, 2.45) is 0 Å². The molecule has 1 aromatic heterocycles. The van der Waals surface area contributed by atoms with Crippen molar-refractivity contribution in [1.29, 1.82) is 0 Å². The summed E-state index contributed by atoms with van der Waals surface area (Å²) in [6.07, 6.45) is 5.84. The van der Waals surface area contributed by atoms with Gasteiger partial charge in [-0.25, -0.2) is 0 Å². The van der Waals surface area contributed by atoms with Crippen LogP contribution < -0.4 is 10.6 Å². The average Bonchev–Trinajstić information content (AvgIpc) is 2.90. The molecule has 0 spiro atoms. The molecular formula is C13H19ClN2OS. The van der Waals surface area contributed by atoms with E-state index in [-0.39, 0.29) is 18.3 Å². The molecule has 0 saturated carbocycles. The fourth-order valence-corrected chi connectivity index (χ4v) is 3.83. The van der Waals surface area contributed by atoms with Crippen LogP contribution in [-0.4, -0.2) is 25.0 Å². The lowest BCUT2D eigenvalue weighted by atomic mass is 10.1. The van der Waals surface area contributed by atoms with Gasteiger partial charge in [0.25, 0.3) is 5.91 Å². The van der Waals surface area contributed by atoms with Crippen LogP contribution in [0.25, 0.3) is 0 Å². The Morgan fingerprint density at radius 2 is 2.28 bits per heavy atom. The third-order valence-electron chi connectivity index (χ3n) is 3.60. The Balaban J connectivity index is 0.00000120. The standard InChI is InChI=1S/C13H18N2OS.ClH/c16-13(15-10-4-2-6-14-8-10)12-7-9-3-1-5-11(9)17-12;/h7,10,14H,1-6,8H2,(H,15,16);1H/t10-;/m1./s1. The molecule has 5 heteroatoms. The molecule has 3 nitrogen and oxygen atoms in total. The van der Waals surface area contributed by atoms with Gasteiger partial charge in [-0.05, 0) is 50.3 Å². The Labute approximate surface area is 118 Å². The van der Waals surface area contributed by atoms with Crippen molar-refractivity contribution in [2.45, 2.75) is 38.1 Å². The Hall–Kier alpha value is -0.580. The Morgan fingerprint density at radius 1 is 1.39 bits per heavy atom. The predicted octanol–water partition coefficient (Wildman–Crippen LogP) is 2.14. The number of nitrogens with one attached hydrogen (secondary N) is 2. The number of rotatable bonds is 2. The molecule has 1 aliphatic carbocycles. The molecular weight excluding hydrogens is 268 g/mol. The lowest BCUT2D eigenvalue weighted by molar-refractivity contribution is 0.0934. The Bertz CT molecular complexity index is 405. The van der Waals surface area contributed by atoms with E-state index >= 15 is 0 Å². The van der Waals surface area contributed by atoms with Crippen LogP contribution in [0.1, 0.15) is 39.4 Å². The number of carbonyl (C=O) groups excluding carboxylic acids is 1. The third kappa shape index (κ3) is 2.87. The lowest BCUT2D eigenvalue weighted by Gasteiger charge is -2.23. The monoisotopic (exact) mass is 286 g/mol. The largest absolute Gasteiger partial charge is 0.347 e. The highest BCUT2D eigenvalue weighted by Gasteiger charge is 2.21. The lowest BCUT2D eigenvalue weighted by Crippen LogP contribution is -2.45. The van der Waals surface area contributed by atoms with E-state index in [0.29, 0.717) is 6.04 Å². The summed E-state index contributed by atoms with van der Waals surface area (Å²) in [6, 6.07) is 2.41.